The fourth-order valence-corrected chi connectivity index (χ4v) is 5.28. The van der Waals surface area contributed by atoms with Crippen LogP contribution in [0.3, 0.4) is 0 Å². The van der Waals surface area contributed by atoms with Crippen LogP contribution in [0, 0.1) is 5.41 Å². The zero-order valence-corrected chi connectivity index (χ0v) is 14.8. The molecule has 3 N–H and O–H groups in total. The van der Waals surface area contributed by atoms with E-state index in [0.29, 0.717) is 17.6 Å². The molecule has 118 valence electrons. The Hall–Kier alpha value is -0.430. The Morgan fingerprint density at radius 2 is 2.00 bits per heavy atom. The van der Waals surface area contributed by atoms with Gasteiger partial charge in [0, 0.05) is 17.6 Å². The maximum Gasteiger partial charge on any atom is 0.241 e. The van der Waals surface area contributed by atoms with Gasteiger partial charge >= 0.3 is 0 Å². The lowest BCUT2D eigenvalue weighted by Gasteiger charge is -2.27. The van der Waals surface area contributed by atoms with Crippen molar-refractivity contribution in [3.8, 4) is 0 Å². The van der Waals surface area contributed by atoms with E-state index in [4.69, 9.17) is 5.73 Å². The van der Waals surface area contributed by atoms with Gasteiger partial charge in [-0.2, -0.15) is 0 Å². The summed E-state index contributed by atoms with van der Waals surface area (Å²) in [6, 6.07) is 5.13. The maximum atomic E-state index is 12.5. The minimum Gasteiger partial charge on any atom is -0.326 e. The molecule has 0 bridgehead atoms. The fourth-order valence-electron chi connectivity index (χ4n) is 3.00. The third kappa shape index (κ3) is 3.86. The number of hydrogen-bond acceptors (Lipinski definition) is 3. The number of halogens is 1. The van der Waals surface area contributed by atoms with E-state index in [-0.39, 0.29) is 10.3 Å². The first-order valence-corrected chi connectivity index (χ1v) is 9.68. The molecule has 0 unspecified atom stereocenters. The van der Waals surface area contributed by atoms with Gasteiger partial charge < -0.3 is 5.73 Å². The van der Waals surface area contributed by atoms with Gasteiger partial charge in [-0.25, -0.2) is 13.1 Å². The molecule has 2 rings (SSSR count). The molecule has 1 aliphatic carbocycles. The monoisotopic (exact) mass is 374 g/mol. The minimum absolute atomic E-state index is 0.136. The van der Waals surface area contributed by atoms with Gasteiger partial charge in [0.05, 0.1) is 4.90 Å². The quantitative estimate of drug-likeness (QED) is 0.802. The summed E-state index contributed by atoms with van der Waals surface area (Å²) in [5.41, 5.74) is 6.61. The highest BCUT2D eigenvalue weighted by Gasteiger charge is 2.33. The van der Waals surface area contributed by atoms with Crippen LogP contribution in [0.5, 0.6) is 0 Å². The Morgan fingerprint density at radius 1 is 1.33 bits per heavy atom. The molecule has 1 aromatic carbocycles. The topological polar surface area (TPSA) is 72.2 Å². The molecular formula is C15H23BrN2O2S. The van der Waals surface area contributed by atoms with Crippen LogP contribution in [0.25, 0.3) is 0 Å². The summed E-state index contributed by atoms with van der Waals surface area (Å²) in [5, 5.41) is 0. The van der Waals surface area contributed by atoms with E-state index in [1.165, 1.54) is 12.8 Å². The molecule has 1 aliphatic rings. The molecule has 6 heteroatoms. The minimum atomic E-state index is -3.49. The lowest BCUT2D eigenvalue weighted by Crippen LogP contribution is -2.35. The van der Waals surface area contributed by atoms with Gasteiger partial charge in [-0.05, 0) is 58.3 Å². The van der Waals surface area contributed by atoms with Gasteiger partial charge in [0.15, 0.2) is 0 Å². The Balaban J connectivity index is 2.15. The molecule has 0 spiro atoms. The Bertz CT molecular complexity index is 596. The first-order chi connectivity index (χ1) is 9.92. The Kier molecular flexibility index (Phi) is 5.46. The van der Waals surface area contributed by atoms with Crippen molar-refractivity contribution in [3.05, 3.63) is 28.2 Å². The van der Waals surface area contributed by atoms with Crippen LogP contribution in [0.15, 0.2) is 27.6 Å². The summed E-state index contributed by atoms with van der Waals surface area (Å²) in [4.78, 5) is 0.281. The molecule has 1 saturated carbocycles. The zero-order valence-electron chi connectivity index (χ0n) is 12.4. The van der Waals surface area contributed by atoms with Crippen molar-refractivity contribution in [2.45, 2.75) is 50.5 Å². The molecule has 4 nitrogen and oxygen atoms in total. The van der Waals surface area contributed by atoms with Crippen LogP contribution in [0.1, 0.15) is 44.6 Å². The first-order valence-electron chi connectivity index (χ1n) is 7.41. The van der Waals surface area contributed by atoms with Gasteiger partial charge in [-0.3, -0.25) is 0 Å². The third-order valence-corrected chi connectivity index (χ3v) is 6.95. The van der Waals surface area contributed by atoms with E-state index >= 15 is 0 Å². The summed E-state index contributed by atoms with van der Waals surface area (Å²) in [7, 11) is -3.49. The van der Waals surface area contributed by atoms with Crippen LogP contribution >= 0.6 is 15.9 Å². The van der Waals surface area contributed by atoms with Gasteiger partial charge in [0.25, 0.3) is 0 Å². The highest BCUT2D eigenvalue weighted by molar-refractivity contribution is 9.10. The lowest BCUT2D eigenvalue weighted by molar-refractivity contribution is 0.285. The molecule has 0 aliphatic heterocycles. The Morgan fingerprint density at radius 3 is 2.52 bits per heavy atom. The maximum absolute atomic E-state index is 12.5. The summed E-state index contributed by atoms with van der Waals surface area (Å²) >= 11 is 3.33. The third-order valence-electron chi connectivity index (χ3n) is 4.57. The molecule has 0 atom stereocenters. The number of hydrogen-bond donors (Lipinski definition) is 2. The van der Waals surface area contributed by atoms with Gasteiger partial charge in [-0.1, -0.05) is 25.8 Å². The highest BCUT2D eigenvalue weighted by atomic mass is 79.9. The van der Waals surface area contributed by atoms with Gasteiger partial charge in [-0.15, -0.1) is 0 Å². The molecule has 0 saturated heterocycles. The Labute approximate surface area is 135 Å². The van der Waals surface area contributed by atoms with Crippen molar-refractivity contribution >= 4 is 26.0 Å². The summed E-state index contributed by atoms with van der Waals surface area (Å²) in [6.45, 7) is 3.06. The fraction of sp³-hybridized carbons (Fsp3) is 0.600. The van der Waals surface area contributed by atoms with Crippen molar-refractivity contribution in [3.63, 3.8) is 0 Å². The summed E-state index contributed by atoms with van der Waals surface area (Å²) in [5.74, 6) is 0. The van der Waals surface area contributed by atoms with E-state index in [0.717, 1.165) is 24.8 Å². The molecule has 1 fully saturated rings. The molecule has 0 heterocycles. The van der Waals surface area contributed by atoms with E-state index < -0.39 is 10.0 Å². The molecule has 0 aromatic heterocycles. The average Bonchev–Trinajstić information content (AvgIpc) is 2.94. The standard InChI is InChI=1S/C15H23BrN2O2S/c1-2-15(7-3-4-8-15)11-18-21(19,20)14-6-5-12(10-17)9-13(14)16/h5-6,9,18H,2-4,7-8,10-11,17H2,1H3. The van der Waals surface area contributed by atoms with E-state index in [2.05, 4.69) is 27.6 Å². The van der Waals surface area contributed by atoms with Crippen molar-refractivity contribution in [2.75, 3.05) is 6.54 Å². The second kappa shape index (κ2) is 6.77. The lowest BCUT2D eigenvalue weighted by atomic mass is 9.84. The number of rotatable bonds is 6. The van der Waals surface area contributed by atoms with Crippen LogP contribution in [-0.2, 0) is 16.6 Å². The second-order valence-electron chi connectivity index (χ2n) is 5.85. The molecular weight excluding hydrogens is 352 g/mol. The number of sulfonamides is 1. The zero-order chi connectivity index (χ0) is 15.5. The van der Waals surface area contributed by atoms with Gasteiger partial charge in [0.1, 0.15) is 0 Å². The molecule has 0 amide bonds. The highest BCUT2D eigenvalue weighted by Crippen LogP contribution is 2.40. The van der Waals surface area contributed by atoms with Crippen LogP contribution in [-0.4, -0.2) is 15.0 Å². The van der Waals surface area contributed by atoms with Crippen molar-refractivity contribution in [1.29, 1.82) is 0 Å². The molecule has 1 aromatic rings. The largest absolute Gasteiger partial charge is 0.326 e. The smallest absolute Gasteiger partial charge is 0.241 e. The molecule has 21 heavy (non-hydrogen) atoms. The van der Waals surface area contributed by atoms with Crippen molar-refractivity contribution in [1.82, 2.24) is 4.72 Å². The van der Waals surface area contributed by atoms with E-state index in [1.807, 2.05) is 0 Å². The first kappa shape index (κ1) is 16.9. The van der Waals surface area contributed by atoms with Crippen molar-refractivity contribution in [2.24, 2.45) is 11.1 Å². The van der Waals surface area contributed by atoms with Gasteiger partial charge in [0.2, 0.25) is 10.0 Å². The van der Waals surface area contributed by atoms with E-state index in [1.54, 1.807) is 18.2 Å². The molecule has 0 radical (unpaired) electrons. The SMILES string of the molecule is CCC1(CNS(=O)(=O)c2ccc(CN)cc2Br)CCCC1. The average molecular weight is 375 g/mol. The second-order valence-corrected chi connectivity index (χ2v) is 8.44. The van der Waals surface area contributed by atoms with E-state index in [9.17, 15) is 8.42 Å². The summed E-state index contributed by atoms with van der Waals surface area (Å²) in [6.07, 6.45) is 5.64. The van der Waals surface area contributed by atoms with Crippen molar-refractivity contribution < 1.29 is 8.42 Å². The number of benzene rings is 1. The summed E-state index contributed by atoms with van der Waals surface area (Å²) < 4.78 is 28.4. The predicted molar refractivity (Wildman–Crippen MR) is 88.4 cm³/mol. The van der Waals surface area contributed by atoms with Crippen LogP contribution in [0.2, 0.25) is 0 Å². The van der Waals surface area contributed by atoms with Crippen LogP contribution in [0.4, 0.5) is 0 Å². The number of nitrogens with two attached hydrogens (primary N) is 1. The number of nitrogens with one attached hydrogen (secondary N) is 1. The van der Waals surface area contributed by atoms with Crippen LogP contribution < -0.4 is 10.5 Å². The predicted octanol–water partition coefficient (Wildman–Crippen LogP) is 3.16. The normalized spacial score (nSPS) is 18.0.